The van der Waals surface area contributed by atoms with E-state index in [1.165, 1.54) is 0 Å². The monoisotopic (exact) mass is 263 g/mol. The molecular formula is C15H21NO3. The summed E-state index contributed by atoms with van der Waals surface area (Å²) in [4.78, 5) is 13.4. The van der Waals surface area contributed by atoms with Crippen LogP contribution in [-0.2, 0) is 11.3 Å². The maximum atomic E-state index is 11.4. The molecule has 2 N–H and O–H groups in total. The van der Waals surface area contributed by atoms with Gasteiger partial charge in [-0.3, -0.25) is 9.69 Å². The van der Waals surface area contributed by atoms with E-state index in [4.69, 9.17) is 0 Å². The molecule has 0 radical (unpaired) electrons. The highest BCUT2D eigenvalue weighted by molar-refractivity contribution is 5.78. The second-order valence-corrected chi connectivity index (χ2v) is 5.68. The van der Waals surface area contributed by atoms with Crippen molar-refractivity contribution in [2.75, 3.05) is 6.54 Å². The minimum absolute atomic E-state index is 0.325. The summed E-state index contributed by atoms with van der Waals surface area (Å²) in [5.41, 5.74) is 1.97. The van der Waals surface area contributed by atoms with Crippen LogP contribution in [0, 0.1) is 13.8 Å². The van der Waals surface area contributed by atoms with Gasteiger partial charge in [0.05, 0.1) is 0 Å². The summed E-state index contributed by atoms with van der Waals surface area (Å²) in [6.07, 6.45) is 1.61. The van der Waals surface area contributed by atoms with Crippen molar-refractivity contribution in [3.8, 4) is 5.75 Å². The average Bonchev–Trinajstić information content (AvgIpc) is 2.69. The number of aliphatic carboxylic acids is 1. The molecule has 2 rings (SSSR count). The van der Waals surface area contributed by atoms with Gasteiger partial charge in [0, 0.05) is 6.54 Å². The van der Waals surface area contributed by atoms with Gasteiger partial charge in [0.1, 0.15) is 11.3 Å². The van der Waals surface area contributed by atoms with Crippen LogP contribution >= 0.6 is 0 Å². The summed E-state index contributed by atoms with van der Waals surface area (Å²) in [5, 5.41) is 19.2. The summed E-state index contributed by atoms with van der Waals surface area (Å²) >= 11 is 0. The lowest BCUT2D eigenvalue weighted by Gasteiger charge is -2.31. The van der Waals surface area contributed by atoms with Crippen LogP contribution in [0.25, 0.3) is 0 Å². The van der Waals surface area contributed by atoms with Gasteiger partial charge in [-0.05, 0) is 56.8 Å². The number of aryl methyl sites for hydroxylation is 2. The predicted octanol–water partition coefficient (Wildman–Crippen LogP) is 2.45. The Hall–Kier alpha value is -1.55. The van der Waals surface area contributed by atoms with Gasteiger partial charge in [-0.2, -0.15) is 0 Å². The summed E-state index contributed by atoms with van der Waals surface area (Å²) in [6, 6.07) is 3.87. The van der Waals surface area contributed by atoms with Crippen molar-refractivity contribution in [2.24, 2.45) is 0 Å². The molecule has 1 aromatic carbocycles. The van der Waals surface area contributed by atoms with Crippen molar-refractivity contribution in [1.82, 2.24) is 4.90 Å². The third-order valence-electron chi connectivity index (χ3n) is 4.17. The maximum Gasteiger partial charge on any atom is 0.323 e. The van der Waals surface area contributed by atoms with Crippen molar-refractivity contribution in [2.45, 2.75) is 45.7 Å². The molecule has 1 atom stereocenters. The zero-order chi connectivity index (χ0) is 14.2. The number of phenolic OH excluding ortho intramolecular Hbond substituents is 1. The van der Waals surface area contributed by atoms with Crippen LogP contribution < -0.4 is 0 Å². The summed E-state index contributed by atoms with van der Waals surface area (Å²) in [7, 11) is 0. The number of nitrogens with zero attached hydrogens (tertiary/aromatic N) is 1. The van der Waals surface area contributed by atoms with Crippen LogP contribution in [-0.4, -0.2) is 33.2 Å². The number of aromatic hydroxyl groups is 1. The van der Waals surface area contributed by atoms with Gasteiger partial charge in [0.15, 0.2) is 0 Å². The van der Waals surface area contributed by atoms with E-state index in [1.807, 2.05) is 30.9 Å². The fourth-order valence-electron chi connectivity index (χ4n) is 2.87. The van der Waals surface area contributed by atoms with E-state index in [0.29, 0.717) is 18.7 Å². The van der Waals surface area contributed by atoms with Crippen molar-refractivity contribution < 1.29 is 15.0 Å². The summed E-state index contributed by atoms with van der Waals surface area (Å²) in [5.74, 6) is -0.427. The first-order valence-electron chi connectivity index (χ1n) is 6.62. The molecule has 104 valence electrons. The third-order valence-corrected chi connectivity index (χ3v) is 4.17. The average molecular weight is 263 g/mol. The molecule has 0 aliphatic carbocycles. The van der Waals surface area contributed by atoms with Gasteiger partial charge in [-0.15, -0.1) is 0 Å². The molecule has 1 heterocycles. The molecule has 1 saturated heterocycles. The smallest absolute Gasteiger partial charge is 0.323 e. The first kappa shape index (κ1) is 13.9. The maximum absolute atomic E-state index is 11.4. The van der Waals surface area contributed by atoms with Crippen LogP contribution in [0.5, 0.6) is 5.75 Å². The number of carboxylic acid groups (broad SMARTS) is 1. The molecule has 1 unspecified atom stereocenters. The quantitative estimate of drug-likeness (QED) is 0.879. The Labute approximate surface area is 113 Å². The Bertz CT molecular complexity index is 489. The van der Waals surface area contributed by atoms with Gasteiger partial charge >= 0.3 is 5.97 Å². The highest BCUT2D eigenvalue weighted by atomic mass is 16.4. The Balaban J connectivity index is 2.24. The van der Waals surface area contributed by atoms with E-state index in [2.05, 4.69) is 0 Å². The zero-order valence-electron chi connectivity index (χ0n) is 11.7. The summed E-state index contributed by atoms with van der Waals surface area (Å²) < 4.78 is 0. The molecule has 0 amide bonds. The second kappa shape index (κ2) is 4.85. The van der Waals surface area contributed by atoms with Crippen LogP contribution in [0.15, 0.2) is 12.1 Å². The van der Waals surface area contributed by atoms with Crippen molar-refractivity contribution in [1.29, 1.82) is 0 Å². The topological polar surface area (TPSA) is 60.8 Å². The minimum atomic E-state index is -0.764. The first-order chi connectivity index (χ1) is 8.84. The zero-order valence-corrected chi connectivity index (χ0v) is 11.7. The van der Waals surface area contributed by atoms with E-state index >= 15 is 0 Å². The Morgan fingerprint density at radius 2 is 1.95 bits per heavy atom. The van der Waals surface area contributed by atoms with Gasteiger partial charge < -0.3 is 10.2 Å². The molecule has 0 spiro atoms. The number of hydrogen-bond donors (Lipinski definition) is 2. The molecule has 0 aromatic heterocycles. The van der Waals surface area contributed by atoms with E-state index < -0.39 is 11.5 Å². The normalized spacial score (nSPS) is 23.7. The molecule has 1 aliphatic rings. The standard InChI is InChI=1S/C15H21NO3/c1-10-7-12(8-11(2)13(10)17)9-16-6-4-5-15(16,3)14(18)19/h7-8,17H,4-6,9H2,1-3H3,(H,18,19). The lowest BCUT2D eigenvalue weighted by atomic mass is 9.98. The van der Waals surface area contributed by atoms with Gasteiger partial charge in [-0.25, -0.2) is 0 Å². The van der Waals surface area contributed by atoms with Crippen LogP contribution in [0.2, 0.25) is 0 Å². The van der Waals surface area contributed by atoms with Crippen LogP contribution in [0.3, 0.4) is 0 Å². The summed E-state index contributed by atoms with van der Waals surface area (Å²) in [6.45, 7) is 6.95. The minimum Gasteiger partial charge on any atom is -0.507 e. The number of carboxylic acids is 1. The Morgan fingerprint density at radius 1 is 1.37 bits per heavy atom. The molecule has 1 fully saturated rings. The highest BCUT2D eigenvalue weighted by Crippen LogP contribution is 2.32. The molecule has 19 heavy (non-hydrogen) atoms. The third kappa shape index (κ3) is 2.45. The SMILES string of the molecule is Cc1cc(CN2CCCC2(C)C(=O)O)cc(C)c1O. The number of phenols is 1. The fourth-order valence-corrected chi connectivity index (χ4v) is 2.87. The molecular weight excluding hydrogens is 242 g/mol. The van der Waals surface area contributed by atoms with E-state index in [1.54, 1.807) is 6.92 Å². The molecule has 0 bridgehead atoms. The fraction of sp³-hybridized carbons (Fsp3) is 0.533. The number of likely N-dealkylation sites (tertiary alicyclic amines) is 1. The Kier molecular flexibility index (Phi) is 3.54. The molecule has 1 aromatic rings. The van der Waals surface area contributed by atoms with Gasteiger partial charge in [0.25, 0.3) is 0 Å². The molecule has 4 nitrogen and oxygen atoms in total. The van der Waals surface area contributed by atoms with E-state index in [-0.39, 0.29) is 0 Å². The number of hydrogen-bond acceptors (Lipinski definition) is 3. The molecule has 4 heteroatoms. The number of rotatable bonds is 3. The lowest BCUT2D eigenvalue weighted by Crippen LogP contribution is -2.47. The highest BCUT2D eigenvalue weighted by Gasteiger charge is 2.43. The van der Waals surface area contributed by atoms with Crippen molar-refractivity contribution in [3.63, 3.8) is 0 Å². The molecule has 0 saturated carbocycles. The van der Waals surface area contributed by atoms with E-state index in [9.17, 15) is 15.0 Å². The number of benzene rings is 1. The largest absolute Gasteiger partial charge is 0.507 e. The first-order valence-corrected chi connectivity index (χ1v) is 6.62. The second-order valence-electron chi connectivity index (χ2n) is 5.68. The van der Waals surface area contributed by atoms with Crippen LogP contribution in [0.4, 0.5) is 0 Å². The Morgan fingerprint density at radius 3 is 2.47 bits per heavy atom. The number of carbonyl (C=O) groups is 1. The van der Waals surface area contributed by atoms with E-state index in [0.717, 1.165) is 29.7 Å². The van der Waals surface area contributed by atoms with Crippen molar-refractivity contribution >= 4 is 5.97 Å². The van der Waals surface area contributed by atoms with Crippen molar-refractivity contribution in [3.05, 3.63) is 28.8 Å². The predicted molar refractivity (Wildman–Crippen MR) is 73.3 cm³/mol. The van der Waals surface area contributed by atoms with Gasteiger partial charge in [0.2, 0.25) is 0 Å². The lowest BCUT2D eigenvalue weighted by molar-refractivity contribution is -0.148. The van der Waals surface area contributed by atoms with Gasteiger partial charge in [-0.1, -0.05) is 12.1 Å². The molecule has 1 aliphatic heterocycles. The van der Waals surface area contributed by atoms with Crippen LogP contribution in [0.1, 0.15) is 36.5 Å².